The van der Waals surface area contributed by atoms with Gasteiger partial charge in [0, 0.05) is 61.3 Å². The number of benzene rings is 1. The van der Waals surface area contributed by atoms with E-state index < -0.39 is 0 Å². The average Bonchev–Trinajstić information content (AvgIpc) is 2.65. The predicted molar refractivity (Wildman–Crippen MR) is 95.9 cm³/mol. The maximum Gasteiger partial charge on any atom is 0.160 e. The van der Waals surface area contributed by atoms with Crippen molar-refractivity contribution < 1.29 is 5.11 Å². The normalized spacial score (nSPS) is 14.3. The Labute approximate surface area is 147 Å². The fourth-order valence-corrected chi connectivity index (χ4v) is 3.23. The van der Waals surface area contributed by atoms with Gasteiger partial charge in [-0.05, 0) is 25.1 Å². The van der Waals surface area contributed by atoms with E-state index in [4.69, 9.17) is 4.98 Å². The first-order chi connectivity index (χ1) is 12.2. The molecule has 1 aliphatic heterocycles. The Morgan fingerprint density at radius 2 is 2.12 bits per heavy atom. The van der Waals surface area contributed by atoms with E-state index in [1.54, 1.807) is 18.5 Å². The van der Waals surface area contributed by atoms with Gasteiger partial charge < -0.3 is 5.11 Å². The molecule has 0 saturated carbocycles. The molecule has 0 fully saturated rings. The summed E-state index contributed by atoms with van der Waals surface area (Å²) in [5.74, 6) is 1.09. The number of aromatic hydroxyl groups is 1. The summed E-state index contributed by atoms with van der Waals surface area (Å²) >= 11 is 0. The summed E-state index contributed by atoms with van der Waals surface area (Å²) in [6.07, 6.45) is 6.35. The van der Waals surface area contributed by atoms with Gasteiger partial charge in [-0.3, -0.25) is 9.88 Å². The molecule has 0 amide bonds. The first kappa shape index (κ1) is 15.7. The molecule has 3 heterocycles. The summed E-state index contributed by atoms with van der Waals surface area (Å²) < 4.78 is 0. The molecule has 126 valence electrons. The second kappa shape index (κ2) is 6.61. The van der Waals surface area contributed by atoms with E-state index in [2.05, 4.69) is 14.9 Å². The zero-order valence-electron chi connectivity index (χ0n) is 14.2. The van der Waals surface area contributed by atoms with E-state index in [-0.39, 0.29) is 0 Å². The fourth-order valence-electron chi connectivity index (χ4n) is 3.23. The molecule has 25 heavy (non-hydrogen) atoms. The van der Waals surface area contributed by atoms with Gasteiger partial charge in [0.15, 0.2) is 5.82 Å². The number of fused-ring (bicyclic) bond motifs is 1. The van der Waals surface area contributed by atoms with Crippen LogP contribution < -0.4 is 0 Å². The zero-order valence-corrected chi connectivity index (χ0v) is 14.2. The van der Waals surface area contributed by atoms with Gasteiger partial charge >= 0.3 is 0 Å². The van der Waals surface area contributed by atoms with Crippen molar-refractivity contribution in [2.45, 2.75) is 26.4 Å². The van der Waals surface area contributed by atoms with E-state index in [1.165, 1.54) is 0 Å². The molecule has 0 saturated heterocycles. The first-order valence-corrected chi connectivity index (χ1v) is 8.45. The SMILES string of the molecule is Cc1ccc(O)c(CN2CCc3nc(-c4cccnc4)ncc3C2)c1. The van der Waals surface area contributed by atoms with Crippen molar-refractivity contribution in [2.24, 2.45) is 0 Å². The van der Waals surface area contributed by atoms with Crippen LogP contribution in [0.25, 0.3) is 11.4 Å². The Morgan fingerprint density at radius 3 is 2.96 bits per heavy atom. The van der Waals surface area contributed by atoms with Crippen LogP contribution in [0.3, 0.4) is 0 Å². The van der Waals surface area contributed by atoms with Gasteiger partial charge in [0.2, 0.25) is 0 Å². The van der Waals surface area contributed by atoms with Crippen molar-refractivity contribution in [3.63, 3.8) is 0 Å². The van der Waals surface area contributed by atoms with Crippen molar-refractivity contribution in [3.05, 3.63) is 71.3 Å². The zero-order chi connectivity index (χ0) is 17.2. The molecule has 4 rings (SSSR count). The largest absolute Gasteiger partial charge is 0.508 e. The number of phenols is 1. The standard InChI is InChI=1S/C20H20N4O/c1-14-4-5-19(25)16(9-14)12-24-8-6-18-17(13-24)11-22-20(23-18)15-3-2-7-21-10-15/h2-5,7,9-11,25H,6,8,12-13H2,1H3. The third-order valence-electron chi connectivity index (χ3n) is 4.56. The summed E-state index contributed by atoms with van der Waals surface area (Å²) in [4.78, 5) is 15.7. The Balaban J connectivity index is 1.53. The van der Waals surface area contributed by atoms with Gasteiger partial charge in [0.25, 0.3) is 0 Å². The van der Waals surface area contributed by atoms with Gasteiger partial charge in [-0.15, -0.1) is 0 Å². The number of aryl methyl sites for hydroxylation is 1. The summed E-state index contributed by atoms with van der Waals surface area (Å²) in [6.45, 7) is 4.50. The molecule has 2 aromatic heterocycles. The summed E-state index contributed by atoms with van der Waals surface area (Å²) in [5, 5.41) is 10.1. The Kier molecular flexibility index (Phi) is 4.15. The minimum Gasteiger partial charge on any atom is -0.508 e. The lowest BCUT2D eigenvalue weighted by atomic mass is 10.0. The third-order valence-corrected chi connectivity index (χ3v) is 4.56. The van der Waals surface area contributed by atoms with Crippen LogP contribution in [0.2, 0.25) is 0 Å². The number of rotatable bonds is 3. The number of aromatic nitrogens is 3. The van der Waals surface area contributed by atoms with Crippen LogP contribution >= 0.6 is 0 Å². The van der Waals surface area contributed by atoms with Crippen LogP contribution in [0.1, 0.15) is 22.4 Å². The molecule has 0 unspecified atom stereocenters. The van der Waals surface area contributed by atoms with Crippen LogP contribution in [-0.4, -0.2) is 31.5 Å². The smallest absolute Gasteiger partial charge is 0.160 e. The van der Waals surface area contributed by atoms with E-state index in [9.17, 15) is 5.11 Å². The number of nitrogens with zero attached hydrogens (tertiary/aromatic N) is 4. The van der Waals surface area contributed by atoms with Crippen LogP contribution in [0, 0.1) is 6.92 Å². The second-order valence-corrected chi connectivity index (χ2v) is 6.50. The van der Waals surface area contributed by atoms with Crippen molar-refractivity contribution in [2.75, 3.05) is 6.54 Å². The lowest BCUT2D eigenvalue weighted by Crippen LogP contribution is -2.31. The first-order valence-electron chi connectivity index (χ1n) is 8.45. The molecule has 0 bridgehead atoms. The van der Waals surface area contributed by atoms with E-state index in [0.29, 0.717) is 5.75 Å². The predicted octanol–water partition coefficient (Wildman–Crippen LogP) is 3.11. The van der Waals surface area contributed by atoms with Gasteiger partial charge in [-0.2, -0.15) is 0 Å². The van der Waals surface area contributed by atoms with Crippen molar-refractivity contribution in [3.8, 4) is 17.1 Å². The Bertz CT molecular complexity index is 895. The lowest BCUT2D eigenvalue weighted by molar-refractivity contribution is 0.240. The molecule has 5 nitrogen and oxygen atoms in total. The second-order valence-electron chi connectivity index (χ2n) is 6.50. The van der Waals surface area contributed by atoms with Gasteiger partial charge in [0.1, 0.15) is 5.75 Å². The maximum atomic E-state index is 10.1. The molecule has 0 aliphatic carbocycles. The van der Waals surface area contributed by atoms with E-state index >= 15 is 0 Å². The van der Waals surface area contributed by atoms with Crippen molar-refractivity contribution in [1.82, 2.24) is 19.9 Å². The number of hydrogen-bond acceptors (Lipinski definition) is 5. The molecule has 0 radical (unpaired) electrons. The van der Waals surface area contributed by atoms with E-state index in [1.807, 2.05) is 37.4 Å². The van der Waals surface area contributed by atoms with Gasteiger partial charge in [-0.25, -0.2) is 9.97 Å². The molecule has 3 aromatic rings. The van der Waals surface area contributed by atoms with Crippen LogP contribution in [0.4, 0.5) is 0 Å². The number of pyridine rings is 1. The van der Waals surface area contributed by atoms with Gasteiger partial charge in [-0.1, -0.05) is 17.7 Å². The highest BCUT2D eigenvalue weighted by Crippen LogP contribution is 2.25. The minimum atomic E-state index is 0.361. The molecular formula is C20H20N4O. The lowest BCUT2D eigenvalue weighted by Gasteiger charge is -2.28. The number of hydrogen-bond donors (Lipinski definition) is 1. The summed E-state index contributed by atoms with van der Waals surface area (Å²) in [6, 6.07) is 9.62. The number of phenolic OH excluding ortho intramolecular Hbond substituents is 1. The average molecular weight is 332 g/mol. The Morgan fingerprint density at radius 1 is 1.20 bits per heavy atom. The van der Waals surface area contributed by atoms with Crippen molar-refractivity contribution >= 4 is 0 Å². The fraction of sp³-hybridized carbons (Fsp3) is 0.250. The highest BCUT2D eigenvalue weighted by atomic mass is 16.3. The van der Waals surface area contributed by atoms with Crippen LogP contribution in [0.15, 0.2) is 48.9 Å². The molecule has 1 aromatic carbocycles. The molecule has 1 N–H and O–H groups in total. The monoisotopic (exact) mass is 332 g/mol. The maximum absolute atomic E-state index is 10.1. The van der Waals surface area contributed by atoms with E-state index in [0.717, 1.165) is 59.8 Å². The van der Waals surface area contributed by atoms with Crippen LogP contribution in [-0.2, 0) is 19.5 Å². The highest BCUT2D eigenvalue weighted by molar-refractivity contribution is 5.53. The van der Waals surface area contributed by atoms with Crippen molar-refractivity contribution in [1.29, 1.82) is 0 Å². The highest BCUT2D eigenvalue weighted by Gasteiger charge is 2.19. The Hall–Kier alpha value is -2.79. The third kappa shape index (κ3) is 3.37. The van der Waals surface area contributed by atoms with Crippen LogP contribution in [0.5, 0.6) is 5.75 Å². The molecule has 5 heteroatoms. The molecule has 1 aliphatic rings. The molecule has 0 spiro atoms. The molecular weight excluding hydrogens is 312 g/mol. The quantitative estimate of drug-likeness (QED) is 0.798. The minimum absolute atomic E-state index is 0.361. The van der Waals surface area contributed by atoms with Gasteiger partial charge in [0.05, 0.1) is 5.69 Å². The summed E-state index contributed by atoms with van der Waals surface area (Å²) in [5.41, 5.74) is 5.34. The topological polar surface area (TPSA) is 62.1 Å². The molecule has 0 atom stereocenters. The summed E-state index contributed by atoms with van der Waals surface area (Å²) in [7, 11) is 0.